The average molecular weight is 503 g/mol. The van der Waals surface area contributed by atoms with Crippen molar-refractivity contribution in [3.05, 3.63) is 70.0 Å². The van der Waals surface area contributed by atoms with Crippen molar-refractivity contribution in [1.82, 2.24) is 14.8 Å². The van der Waals surface area contributed by atoms with Crippen LogP contribution in [0, 0.1) is 20.8 Å². The molecule has 0 aliphatic carbocycles. The maximum Gasteiger partial charge on any atom is 0.261 e. The highest BCUT2D eigenvalue weighted by molar-refractivity contribution is 7.90. The minimum Gasteiger partial charge on any atom is -0.282 e. The lowest BCUT2D eigenvalue weighted by Gasteiger charge is -2.21. The molecule has 0 atom stereocenters. The van der Waals surface area contributed by atoms with Crippen molar-refractivity contribution in [2.75, 3.05) is 17.7 Å². The first-order chi connectivity index (χ1) is 15.6. The second kappa shape index (κ2) is 8.89. The van der Waals surface area contributed by atoms with E-state index in [-0.39, 0.29) is 17.0 Å². The molecule has 33 heavy (non-hydrogen) atoms. The molecule has 2 aromatic carbocycles. The third kappa shape index (κ3) is 4.66. The zero-order chi connectivity index (χ0) is 23.9. The van der Waals surface area contributed by atoms with Crippen LogP contribution in [0.25, 0.3) is 10.2 Å². The summed E-state index contributed by atoms with van der Waals surface area (Å²) in [6.45, 7) is 6.45. The topological polar surface area (TPSA) is 85.2 Å². The number of fused-ring (bicyclic) bond motifs is 1. The van der Waals surface area contributed by atoms with Crippen LogP contribution in [-0.2, 0) is 16.4 Å². The average Bonchev–Trinajstić information content (AvgIpc) is 3.33. The van der Waals surface area contributed by atoms with Gasteiger partial charge in [0, 0.05) is 23.5 Å². The third-order valence-corrected chi connectivity index (χ3v) is 7.98. The van der Waals surface area contributed by atoms with E-state index in [0.29, 0.717) is 16.7 Å². The first kappa shape index (κ1) is 23.4. The molecule has 0 fully saturated rings. The Kier molecular flexibility index (Phi) is 6.30. The summed E-state index contributed by atoms with van der Waals surface area (Å²) in [6.07, 6.45) is 1.10. The highest BCUT2D eigenvalue weighted by Gasteiger charge is 2.26. The number of carbonyl (C=O) groups is 1. The molecule has 0 aliphatic rings. The molecule has 4 aromatic rings. The van der Waals surface area contributed by atoms with Crippen molar-refractivity contribution in [3.8, 4) is 0 Å². The zero-order valence-corrected chi connectivity index (χ0v) is 21.1. The number of hydrogen-bond acceptors (Lipinski definition) is 6. The van der Waals surface area contributed by atoms with E-state index in [1.54, 1.807) is 12.1 Å². The summed E-state index contributed by atoms with van der Waals surface area (Å²) in [5.41, 5.74) is 3.53. The number of benzene rings is 2. The molecular weight excluding hydrogens is 480 g/mol. The summed E-state index contributed by atoms with van der Waals surface area (Å²) in [5.74, 6) is -0.430. The number of carbonyl (C=O) groups excluding carboxylic acids is 1. The largest absolute Gasteiger partial charge is 0.282 e. The van der Waals surface area contributed by atoms with Crippen LogP contribution in [0.5, 0.6) is 0 Å². The molecule has 0 saturated carbocycles. The summed E-state index contributed by atoms with van der Waals surface area (Å²) in [7, 11) is -3.60. The van der Waals surface area contributed by atoms with E-state index in [2.05, 4.69) is 5.10 Å². The normalized spacial score (nSPS) is 11.8. The van der Waals surface area contributed by atoms with Crippen LogP contribution in [0.3, 0.4) is 0 Å². The predicted octanol–water partition coefficient (Wildman–Crippen LogP) is 4.82. The van der Waals surface area contributed by atoms with Gasteiger partial charge in [-0.15, -0.1) is 0 Å². The van der Waals surface area contributed by atoms with E-state index in [4.69, 9.17) is 16.6 Å². The highest BCUT2D eigenvalue weighted by atomic mass is 35.5. The van der Waals surface area contributed by atoms with Gasteiger partial charge in [0.1, 0.15) is 0 Å². The minimum absolute atomic E-state index is 0.00792. The van der Waals surface area contributed by atoms with Crippen LogP contribution in [0.1, 0.15) is 27.3 Å². The van der Waals surface area contributed by atoms with Gasteiger partial charge >= 0.3 is 0 Å². The lowest BCUT2D eigenvalue weighted by atomic mass is 10.2. The molecule has 2 heterocycles. The fourth-order valence-corrected chi connectivity index (χ4v) is 5.78. The molecule has 0 unspecified atom stereocenters. The van der Waals surface area contributed by atoms with Gasteiger partial charge in [-0.3, -0.25) is 14.4 Å². The minimum atomic E-state index is -3.60. The number of aryl methyl sites for hydroxylation is 3. The highest BCUT2D eigenvalue weighted by Crippen LogP contribution is 2.34. The van der Waals surface area contributed by atoms with Crippen LogP contribution >= 0.6 is 22.9 Å². The maximum atomic E-state index is 13.7. The molecular formula is C23H23ClN4O3S2. The Hall–Kier alpha value is -2.75. The lowest BCUT2D eigenvalue weighted by Crippen LogP contribution is -2.35. The van der Waals surface area contributed by atoms with E-state index >= 15 is 0 Å². The monoisotopic (exact) mass is 502 g/mol. The molecule has 4 rings (SSSR count). The van der Waals surface area contributed by atoms with E-state index < -0.39 is 15.7 Å². The number of rotatable bonds is 6. The van der Waals surface area contributed by atoms with Gasteiger partial charge in [-0.2, -0.15) is 5.10 Å². The number of nitrogens with zero attached hydrogens (tertiary/aromatic N) is 4. The van der Waals surface area contributed by atoms with Gasteiger partial charge in [-0.25, -0.2) is 13.4 Å². The number of aromatic nitrogens is 3. The van der Waals surface area contributed by atoms with Crippen molar-refractivity contribution in [1.29, 1.82) is 0 Å². The Morgan fingerprint density at radius 3 is 2.55 bits per heavy atom. The van der Waals surface area contributed by atoms with Gasteiger partial charge in [0.15, 0.2) is 15.0 Å². The van der Waals surface area contributed by atoms with Crippen molar-refractivity contribution in [2.24, 2.45) is 0 Å². The number of anilines is 1. The van der Waals surface area contributed by atoms with Gasteiger partial charge in [0.2, 0.25) is 0 Å². The summed E-state index contributed by atoms with van der Waals surface area (Å²) in [5, 5.41) is 5.56. The Morgan fingerprint density at radius 1 is 1.15 bits per heavy atom. The van der Waals surface area contributed by atoms with Crippen LogP contribution < -0.4 is 4.90 Å². The molecule has 10 heteroatoms. The van der Waals surface area contributed by atoms with E-state index in [1.807, 2.05) is 43.7 Å². The summed E-state index contributed by atoms with van der Waals surface area (Å²) in [4.78, 5) is 20.0. The van der Waals surface area contributed by atoms with E-state index in [1.165, 1.54) is 28.4 Å². The Balaban J connectivity index is 1.81. The van der Waals surface area contributed by atoms with Crippen molar-refractivity contribution >= 4 is 54.0 Å². The zero-order valence-electron chi connectivity index (χ0n) is 18.7. The van der Waals surface area contributed by atoms with Crippen molar-refractivity contribution in [3.63, 3.8) is 0 Å². The molecule has 0 radical (unpaired) electrons. The predicted molar refractivity (Wildman–Crippen MR) is 132 cm³/mol. The van der Waals surface area contributed by atoms with E-state index in [0.717, 1.165) is 33.4 Å². The molecule has 0 aliphatic heterocycles. The first-order valence-corrected chi connectivity index (χ1v) is 13.3. The summed E-state index contributed by atoms with van der Waals surface area (Å²) in [6, 6.07) is 11.9. The molecule has 172 valence electrons. The van der Waals surface area contributed by atoms with Crippen molar-refractivity contribution in [2.45, 2.75) is 32.2 Å². The van der Waals surface area contributed by atoms with Crippen LogP contribution in [0.2, 0.25) is 5.02 Å². The number of hydrogen-bond donors (Lipinski definition) is 0. The smallest absolute Gasteiger partial charge is 0.261 e. The quantitative estimate of drug-likeness (QED) is 0.377. The standard InChI is InChI=1S/C23H23ClN4O3S2/c1-14-13-15(2)28(26-14)12-11-27(22(29)17-7-5-6-8-20(17)33(4,30)31)23-25-21-16(3)18(24)9-10-19(21)32-23/h5-10,13H,11-12H2,1-4H3. The maximum absolute atomic E-state index is 13.7. The van der Waals surface area contributed by atoms with Gasteiger partial charge in [0.25, 0.3) is 5.91 Å². The fraction of sp³-hybridized carbons (Fsp3) is 0.261. The fourth-order valence-electron chi connectivity index (χ4n) is 3.70. The second-order valence-electron chi connectivity index (χ2n) is 7.89. The number of halogens is 1. The van der Waals surface area contributed by atoms with E-state index in [9.17, 15) is 13.2 Å². The number of thiazole rings is 1. The van der Waals surface area contributed by atoms with Crippen LogP contribution in [-0.4, -0.2) is 41.9 Å². The van der Waals surface area contributed by atoms with Crippen molar-refractivity contribution < 1.29 is 13.2 Å². The van der Waals surface area contributed by atoms with Gasteiger partial charge in [0.05, 0.1) is 32.9 Å². The third-order valence-electron chi connectivity index (χ3n) is 5.37. The van der Waals surface area contributed by atoms with Gasteiger partial charge < -0.3 is 0 Å². The van der Waals surface area contributed by atoms with Gasteiger partial charge in [-0.1, -0.05) is 35.1 Å². The molecule has 7 nitrogen and oxygen atoms in total. The van der Waals surface area contributed by atoms with Crippen LogP contribution in [0.15, 0.2) is 47.4 Å². The Morgan fingerprint density at radius 2 is 1.88 bits per heavy atom. The molecule has 2 aromatic heterocycles. The number of sulfone groups is 1. The molecule has 0 saturated heterocycles. The molecule has 0 bridgehead atoms. The Bertz CT molecular complexity index is 1470. The lowest BCUT2D eigenvalue weighted by molar-refractivity contribution is 0.0982. The summed E-state index contributed by atoms with van der Waals surface area (Å²) >= 11 is 7.64. The molecule has 0 spiro atoms. The molecule has 0 N–H and O–H groups in total. The first-order valence-electron chi connectivity index (χ1n) is 10.2. The molecule has 1 amide bonds. The van der Waals surface area contributed by atoms with Crippen LogP contribution in [0.4, 0.5) is 5.13 Å². The second-order valence-corrected chi connectivity index (χ2v) is 11.3. The Labute approximate surface area is 201 Å². The number of amides is 1. The van der Waals surface area contributed by atoms with Gasteiger partial charge in [-0.05, 0) is 56.7 Å². The summed E-state index contributed by atoms with van der Waals surface area (Å²) < 4.78 is 27.4. The SMILES string of the molecule is Cc1cc(C)n(CCN(C(=O)c2ccccc2S(C)(=O)=O)c2nc3c(C)c(Cl)ccc3s2)n1.